The van der Waals surface area contributed by atoms with Gasteiger partial charge in [-0.3, -0.25) is 0 Å². The van der Waals surface area contributed by atoms with Crippen LogP contribution in [0.15, 0.2) is 24.3 Å². The third-order valence-corrected chi connectivity index (χ3v) is 3.53. The van der Waals surface area contributed by atoms with Crippen molar-refractivity contribution in [2.75, 3.05) is 0 Å². The Kier molecular flexibility index (Phi) is 4.76. The van der Waals surface area contributed by atoms with Crippen molar-refractivity contribution in [2.24, 2.45) is 5.41 Å². The van der Waals surface area contributed by atoms with E-state index in [0.717, 1.165) is 6.54 Å². The summed E-state index contributed by atoms with van der Waals surface area (Å²) in [5.74, 6) is 0.606. The summed E-state index contributed by atoms with van der Waals surface area (Å²) in [5.41, 5.74) is 3.12. The molecule has 1 aromatic rings. The van der Waals surface area contributed by atoms with Gasteiger partial charge < -0.3 is 5.32 Å². The Balaban J connectivity index is 2.61. The van der Waals surface area contributed by atoms with Gasteiger partial charge in [-0.2, -0.15) is 0 Å². The molecule has 0 aromatic heterocycles. The van der Waals surface area contributed by atoms with Crippen molar-refractivity contribution < 1.29 is 0 Å². The van der Waals surface area contributed by atoms with Crippen LogP contribution in [-0.4, -0.2) is 6.04 Å². The predicted octanol–water partition coefficient (Wildman–Crippen LogP) is 4.33. The molecule has 0 amide bonds. The lowest BCUT2D eigenvalue weighted by Gasteiger charge is -2.28. The lowest BCUT2D eigenvalue weighted by molar-refractivity contribution is 0.285. The van der Waals surface area contributed by atoms with E-state index in [0.29, 0.717) is 17.4 Å². The summed E-state index contributed by atoms with van der Waals surface area (Å²) in [7, 11) is 0. The van der Waals surface area contributed by atoms with Gasteiger partial charge >= 0.3 is 0 Å². The van der Waals surface area contributed by atoms with Gasteiger partial charge in [0.2, 0.25) is 0 Å². The Morgan fingerprint density at radius 3 is 2.29 bits per heavy atom. The number of hydrogen-bond donors (Lipinski definition) is 1. The van der Waals surface area contributed by atoms with Crippen LogP contribution in [0.2, 0.25) is 0 Å². The molecule has 0 radical (unpaired) electrons. The number of benzene rings is 1. The molecule has 1 rings (SSSR count). The molecule has 1 nitrogen and oxygen atoms in total. The maximum Gasteiger partial charge on any atom is 0.0208 e. The van der Waals surface area contributed by atoms with Gasteiger partial charge in [-0.15, -0.1) is 0 Å². The highest BCUT2D eigenvalue weighted by Gasteiger charge is 2.18. The zero-order chi connectivity index (χ0) is 13.1. The highest BCUT2D eigenvalue weighted by Crippen LogP contribution is 2.20. The first-order chi connectivity index (χ1) is 7.80. The normalized spacial score (nSPS) is 14.1. The molecule has 0 bridgehead atoms. The van der Waals surface area contributed by atoms with Gasteiger partial charge in [0, 0.05) is 12.6 Å². The van der Waals surface area contributed by atoms with Crippen LogP contribution < -0.4 is 5.32 Å². The molecule has 17 heavy (non-hydrogen) atoms. The maximum absolute atomic E-state index is 3.60. The first kappa shape index (κ1) is 14.2. The van der Waals surface area contributed by atoms with Gasteiger partial charge in [0.1, 0.15) is 0 Å². The molecule has 0 fully saturated rings. The molecular weight excluding hydrogens is 206 g/mol. The van der Waals surface area contributed by atoms with E-state index >= 15 is 0 Å². The topological polar surface area (TPSA) is 12.0 Å². The molecule has 1 N–H and O–H groups in total. The van der Waals surface area contributed by atoms with Gasteiger partial charge in [0.15, 0.2) is 0 Å². The van der Waals surface area contributed by atoms with Gasteiger partial charge in [-0.25, -0.2) is 0 Å². The zero-order valence-electron chi connectivity index (χ0n) is 12.2. The first-order valence-corrected chi connectivity index (χ1v) is 6.63. The second-order valence-corrected chi connectivity index (χ2v) is 6.37. The zero-order valence-corrected chi connectivity index (χ0v) is 12.2. The van der Waals surface area contributed by atoms with E-state index in [9.17, 15) is 0 Å². The molecule has 0 aliphatic rings. The summed E-state index contributed by atoms with van der Waals surface area (Å²) < 4.78 is 0. The fourth-order valence-corrected chi connectivity index (χ4v) is 1.64. The van der Waals surface area contributed by atoms with Crippen molar-refractivity contribution in [3.05, 3.63) is 35.4 Å². The third-order valence-electron chi connectivity index (χ3n) is 3.53. The van der Waals surface area contributed by atoms with Crippen molar-refractivity contribution in [2.45, 2.75) is 60.0 Å². The number of nitrogens with one attached hydrogen (secondary N) is 1. The van der Waals surface area contributed by atoms with Crippen LogP contribution in [0.25, 0.3) is 0 Å². The molecule has 0 unspecified atom stereocenters. The van der Waals surface area contributed by atoms with E-state index in [1.54, 1.807) is 0 Å². The maximum atomic E-state index is 3.60. The second-order valence-electron chi connectivity index (χ2n) is 6.37. The molecule has 0 saturated carbocycles. The van der Waals surface area contributed by atoms with Crippen LogP contribution in [0, 0.1) is 5.41 Å². The molecular formula is C16H27N. The van der Waals surface area contributed by atoms with Gasteiger partial charge in [-0.1, -0.05) is 58.9 Å². The van der Waals surface area contributed by atoms with E-state index in [2.05, 4.69) is 71.1 Å². The molecule has 96 valence electrons. The summed E-state index contributed by atoms with van der Waals surface area (Å²) in [6.07, 6.45) is 0. The lowest BCUT2D eigenvalue weighted by atomic mass is 9.88. The van der Waals surface area contributed by atoms with Crippen LogP contribution in [0.5, 0.6) is 0 Å². The number of hydrogen-bond acceptors (Lipinski definition) is 1. The van der Waals surface area contributed by atoms with E-state index in [1.165, 1.54) is 11.1 Å². The predicted molar refractivity (Wildman–Crippen MR) is 76.3 cm³/mol. The van der Waals surface area contributed by atoms with E-state index in [4.69, 9.17) is 0 Å². The fraction of sp³-hybridized carbons (Fsp3) is 0.625. The van der Waals surface area contributed by atoms with E-state index in [-0.39, 0.29) is 0 Å². The summed E-state index contributed by atoms with van der Waals surface area (Å²) in [6, 6.07) is 9.40. The van der Waals surface area contributed by atoms with Crippen LogP contribution in [-0.2, 0) is 6.54 Å². The molecule has 0 aliphatic carbocycles. The monoisotopic (exact) mass is 233 g/mol. The Labute approximate surface area is 107 Å². The molecule has 0 spiro atoms. The van der Waals surface area contributed by atoms with Crippen molar-refractivity contribution >= 4 is 0 Å². The van der Waals surface area contributed by atoms with Crippen molar-refractivity contribution in [1.29, 1.82) is 0 Å². The standard InChI is InChI=1S/C16H27N/c1-12(2)15-9-7-8-14(10-15)11-17-13(3)16(4,5)6/h7-10,12-13,17H,11H2,1-6H3/t13-/m1/s1. The second kappa shape index (κ2) is 5.68. The van der Waals surface area contributed by atoms with E-state index < -0.39 is 0 Å². The summed E-state index contributed by atoms with van der Waals surface area (Å²) in [4.78, 5) is 0. The summed E-state index contributed by atoms with van der Waals surface area (Å²) >= 11 is 0. The van der Waals surface area contributed by atoms with Crippen LogP contribution >= 0.6 is 0 Å². The highest BCUT2D eigenvalue weighted by molar-refractivity contribution is 5.25. The molecule has 1 aromatic carbocycles. The van der Waals surface area contributed by atoms with Crippen LogP contribution in [0.1, 0.15) is 58.6 Å². The van der Waals surface area contributed by atoms with Crippen LogP contribution in [0.4, 0.5) is 0 Å². The first-order valence-electron chi connectivity index (χ1n) is 6.63. The minimum atomic E-state index is 0.315. The van der Waals surface area contributed by atoms with Gasteiger partial charge in [0.05, 0.1) is 0 Å². The molecule has 0 heterocycles. The average Bonchev–Trinajstić information content (AvgIpc) is 2.25. The SMILES string of the molecule is CC(C)c1cccc(CN[C@H](C)C(C)(C)C)c1. The largest absolute Gasteiger partial charge is 0.310 e. The molecule has 1 atom stereocenters. The summed E-state index contributed by atoms with van der Waals surface area (Å²) in [6.45, 7) is 14.5. The minimum Gasteiger partial charge on any atom is -0.310 e. The quantitative estimate of drug-likeness (QED) is 0.816. The smallest absolute Gasteiger partial charge is 0.0208 e. The van der Waals surface area contributed by atoms with Crippen molar-refractivity contribution in [3.63, 3.8) is 0 Å². The highest BCUT2D eigenvalue weighted by atomic mass is 14.9. The average molecular weight is 233 g/mol. The molecule has 0 saturated heterocycles. The fourth-order valence-electron chi connectivity index (χ4n) is 1.64. The number of rotatable bonds is 4. The van der Waals surface area contributed by atoms with Gasteiger partial charge in [-0.05, 0) is 29.4 Å². The lowest BCUT2D eigenvalue weighted by Crippen LogP contribution is -2.37. The Bertz CT molecular complexity index is 347. The van der Waals surface area contributed by atoms with Crippen LogP contribution in [0.3, 0.4) is 0 Å². The molecule has 1 heteroatoms. The van der Waals surface area contributed by atoms with E-state index in [1.807, 2.05) is 0 Å². The minimum absolute atomic E-state index is 0.315. The Morgan fingerprint density at radius 2 is 1.76 bits per heavy atom. The van der Waals surface area contributed by atoms with Crippen molar-refractivity contribution in [3.8, 4) is 0 Å². The molecule has 0 aliphatic heterocycles. The van der Waals surface area contributed by atoms with Gasteiger partial charge in [0.25, 0.3) is 0 Å². The summed E-state index contributed by atoms with van der Waals surface area (Å²) in [5, 5.41) is 3.60. The van der Waals surface area contributed by atoms with Crippen molar-refractivity contribution in [1.82, 2.24) is 5.32 Å². The Morgan fingerprint density at radius 1 is 1.12 bits per heavy atom. The Hall–Kier alpha value is -0.820. The third kappa shape index (κ3) is 4.51.